The van der Waals surface area contributed by atoms with Gasteiger partial charge in [0.2, 0.25) is 0 Å². The van der Waals surface area contributed by atoms with Crippen LogP contribution in [0.4, 0.5) is 0 Å². The highest BCUT2D eigenvalue weighted by atomic mass is 16.4. The van der Waals surface area contributed by atoms with E-state index in [4.69, 9.17) is 5.11 Å². The molecule has 0 aliphatic heterocycles. The fourth-order valence-electron chi connectivity index (χ4n) is 2.56. The highest BCUT2D eigenvalue weighted by molar-refractivity contribution is 5.86. The molecule has 2 aromatic rings. The number of benzene rings is 1. The van der Waals surface area contributed by atoms with Crippen LogP contribution in [-0.2, 0) is 10.2 Å². The van der Waals surface area contributed by atoms with Crippen LogP contribution in [0.5, 0.6) is 0 Å². The van der Waals surface area contributed by atoms with E-state index in [0.29, 0.717) is 0 Å². The minimum atomic E-state index is -1.32. The van der Waals surface area contributed by atoms with Crippen LogP contribution < -0.4 is 0 Å². The Labute approximate surface area is 97.9 Å². The maximum Gasteiger partial charge on any atom is 0.333 e. The van der Waals surface area contributed by atoms with Gasteiger partial charge in [0, 0.05) is 17.1 Å². The van der Waals surface area contributed by atoms with Crippen molar-refractivity contribution in [1.29, 1.82) is 0 Å². The predicted molar refractivity (Wildman–Crippen MR) is 62.9 cm³/mol. The van der Waals surface area contributed by atoms with Gasteiger partial charge < -0.3 is 15.2 Å². The number of aliphatic carboxylic acids is 1. The first-order valence-corrected chi connectivity index (χ1v) is 5.63. The molecule has 88 valence electrons. The molecule has 1 aliphatic carbocycles. The van der Waals surface area contributed by atoms with Crippen molar-refractivity contribution >= 4 is 16.9 Å². The lowest BCUT2D eigenvalue weighted by Gasteiger charge is -2.19. The quantitative estimate of drug-likeness (QED) is 0.752. The number of hydrogen-bond acceptors (Lipinski definition) is 2. The predicted octanol–water partition coefficient (Wildman–Crippen LogP) is 1.64. The summed E-state index contributed by atoms with van der Waals surface area (Å²) >= 11 is 0. The summed E-state index contributed by atoms with van der Waals surface area (Å²) in [6.45, 7) is 0. The van der Waals surface area contributed by atoms with Gasteiger partial charge in [0.05, 0.1) is 0 Å². The molecule has 1 fully saturated rings. The first-order chi connectivity index (χ1) is 8.15. The molecule has 1 saturated carbocycles. The van der Waals surface area contributed by atoms with Gasteiger partial charge in [0.1, 0.15) is 0 Å². The molecule has 1 heterocycles. The van der Waals surface area contributed by atoms with E-state index in [0.717, 1.165) is 29.3 Å². The summed E-state index contributed by atoms with van der Waals surface area (Å²) in [5.41, 5.74) is 1.25. The third kappa shape index (κ3) is 1.37. The van der Waals surface area contributed by atoms with E-state index in [9.17, 15) is 9.90 Å². The number of aliphatic hydroxyl groups excluding tert-OH is 1. The minimum absolute atomic E-state index is 0.601. The molecule has 4 heteroatoms. The Morgan fingerprint density at radius 3 is 2.76 bits per heavy atom. The molecule has 0 radical (unpaired) electrons. The lowest BCUT2D eigenvalue weighted by Crippen LogP contribution is -2.34. The molecule has 0 amide bonds. The van der Waals surface area contributed by atoms with Crippen LogP contribution in [0, 0.1) is 0 Å². The van der Waals surface area contributed by atoms with Crippen LogP contribution in [-0.4, -0.2) is 27.3 Å². The highest BCUT2D eigenvalue weighted by Crippen LogP contribution is 2.52. The molecule has 3 N–H and O–H groups in total. The zero-order valence-electron chi connectivity index (χ0n) is 9.18. The number of carbonyl (C=O) groups is 1. The maximum absolute atomic E-state index is 11.0. The van der Waals surface area contributed by atoms with Crippen LogP contribution in [0.15, 0.2) is 30.5 Å². The molecular formula is C13H13NO3. The number of carboxylic acids is 1. The van der Waals surface area contributed by atoms with Crippen LogP contribution in [0.2, 0.25) is 0 Å². The second-order valence-electron chi connectivity index (χ2n) is 4.64. The SMILES string of the molecule is O=C(O)C(O)C1(c2cccc3cc[nH]c23)CC1. The van der Waals surface area contributed by atoms with Crippen LogP contribution in [0.25, 0.3) is 10.9 Å². The van der Waals surface area contributed by atoms with Gasteiger partial charge in [0.25, 0.3) is 0 Å². The van der Waals surface area contributed by atoms with E-state index in [1.165, 1.54) is 0 Å². The fourth-order valence-corrected chi connectivity index (χ4v) is 2.56. The number of fused-ring (bicyclic) bond motifs is 1. The first kappa shape index (κ1) is 10.4. The molecule has 3 rings (SSSR count). The molecule has 1 aromatic carbocycles. The monoisotopic (exact) mass is 231 g/mol. The Morgan fingerprint density at radius 1 is 1.35 bits per heavy atom. The highest BCUT2D eigenvalue weighted by Gasteiger charge is 2.54. The normalized spacial score (nSPS) is 19.1. The standard InChI is InChI=1S/C13H13NO3/c15-11(12(16)17)13(5-6-13)9-3-1-2-8-4-7-14-10(8)9/h1-4,7,11,14-15H,5-6H2,(H,16,17). The van der Waals surface area contributed by atoms with E-state index < -0.39 is 17.5 Å². The van der Waals surface area contributed by atoms with Gasteiger partial charge in [-0.25, -0.2) is 4.79 Å². The van der Waals surface area contributed by atoms with E-state index >= 15 is 0 Å². The van der Waals surface area contributed by atoms with Crippen molar-refractivity contribution in [3.8, 4) is 0 Å². The van der Waals surface area contributed by atoms with Gasteiger partial charge in [0.15, 0.2) is 6.10 Å². The molecule has 1 aromatic heterocycles. The lowest BCUT2D eigenvalue weighted by atomic mass is 9.88. The van der Waals surface area contributed by atoms with E-state index in [1.807, 2.05) is 30.5 Å². The Hall–Kier alpha value is -1.81. The van der Waals surface area contributed by atoms with Crippen LogP contribution in [0.3, 0.4) is 0 Å². The number of carboxylic acid groups (broad SMARTS) is 1. The summed E-state index contributed by atoms with van der Waals surface area (Å²) in [6.07, 6.45) is 1.95. The van der Waals surface area contributed by atoms with Crippen LogP contribution in [0.1, 0.15) is 18.4 Å². The van der Waals surface area contributed by atoms with Gasteiger partial charge >= 0.3 is 5.97 Å². The zero-order chi connectivity index (χ0) is 12.0. The average Bonchev–Trinajstić information content (AvgIpc) is 2.98. The smallest absolute Gasteiger partial charge is 0.333 e. The Kier molecular flexibility index (Phi) is 2.03. The molecule has 17 heavy (non-hydrogen) atoms. The molecule has 1 aliphatic rings. The molecule has 0 spiro atoms. The van der Waals surface area contributed by atoms with E-state index in [1.54, 1.807) is 0 Å². The maximum atomic E-state index is 11.0. The van der Waals surface area contributed by atoms with Gasteiger partial charge in [-0.1, -0.05) is 18.2 Å². The zero-order valence-corrected chi connectivity index (χ0v) is 9.18. The molecule has 1 unspecified atom stereocenters. The molecule has 0 bridgehead atoms. The summed E-state index contributed by atoms with van der Waals surface area (Å²) in [7, 11) is 0. The largest absolute Gasteiger partial charge is 0.479 e. The fraction of sp³-hybridized carbons (Fsp3) is 0.308. The lowest BCUT2D eigenvalue weighted by molar-refractivity contribution is -0.148. The second-order valence-corrected chi connectivity index (χ2v) is 4.64. The summed E-state index contributed by atoms with van der Waals surface area (Å²) in [5, 5.41) is 19.9. The van der Waals surface area contributed by atoms with Crippen molar-refractivity contribution in [2.45, 2.75) is 24.4 Å². The third-order valence-electron chi connectivity index (χ3n) is 3.67. The molecular weight excluding hydrogens is 218 g/mol. The summed E-state index contributed by atoms with van der Waals surface area (Å²) in [6, 6.07) is 7.72. The van der Waals surface area contributed by atoms with Gasteiger partial charge in [-0.05, 0) is 29.9 Å². The van der Waals surface area contributed by atoms with Crippen molar-refractivity contribution in [3.63, 3.8) is 0 Å². The number of nitrogens with one attached hydrogen (secondary N) is 1. The van der Waals surface area contributed by atoms with Crippen molar-refractivity contribution in [2.75, 3.05) is 0 Å². The Balaban J connectivity index is 2.15. The van der Waals surface area contributed by atoms with Crippen molar-refractivity contribution in [2.24, 2.45) is 0 Å². The summed E-state index contributed by atoms with van der Waals surface area (Å²) < 4.78 is 0. The number of H-pyrrole nitrogens is 1. The number of aromatic amines is 1. The molecule has 0 saturated heterocycles. The molecule has 4 nitrogen and oxygen atoms in total. The van der Waals surface area contributed by atoms with E-state index in [-0.39, 0.29) is 0 Å². The number of para-hydroxylation sites is 1. The van der Waals surface area contributed by atoms with Crippen LogP contribution >= 0.6 is 0 Å². The first-order valence-electron chi connectivity index (χ1n) is 5.63. The van der Waals surface area contributed by atoms with Gasteiger partial charge in [-0.15, -0.1) is 0 Å². The number of aromatic nitrogens is 1. The summed E-state index contributed by atoms with van der Waals surface area (Å²) in [4.78, 5) is 14.1. The van der Waals surface area contributed by atoms with Gasteiger partial charge in [-0.3, -0.25) is 0 Å². The average molecular weight is 231 g/mol. The van der Waals surface area contributed by atoms with Crippen molar-refractivity contribution in [1.82, 2.24) is 4.98 Å². The number of aliphatic hydroxyl groups is 1. The number of hydrogen-bond donors (Lipinski definition) is 3. The topological polar surface area (TPSA) is 73.3 Å². The van der Waals surface area contributed by atoms with E-state index in [2.05, 4.69) is 4.98 Å². The van der Waals surface area contributed by atoms with Crippen molar-refractivity contribution in [3.05, 3.63) is 36.0 Å². The second kappa shape index (κ2) is 3.34. The Bertz CT molecular complexity index is 583. The van der Waals surface area contributed by atoms with Gasteiger partial charge in [-0.2, -0.15) is 0 Å². The Morgan fingerprint density at radius 2 is 2.12 bits per heavy atom. The minimum Gasteiger partial charge on any atom is -0.479 e. The third-order valence-corrected chi connectivity index (χ3v) is 3.67. The van der Waals surface area contributed by atoms with Crippen molar-refractivity contribution < 1.29 is 15.0 Å². The summed E-state index contributed by atoms with van der Waals surface area (Å²) in [5.74, 6) is -1.15. The molecule has 1 atom stereocenters. The number of rotatable bonds is 3.